The van der Waals surface area contributed by atoms with Gasteiger partial charge in [-0.05, 0) is 24.5 Å². The van der Waals surface area contributed by atoms with Gasteiger partial charge >= 0.3 is 0 Å². The number of benzene rings is 2. The molecule has 0 unspecified atom stereocenters. The number of hydrogen-bond acceptors (Lipinski definition) is 7. The van der Waals surface area contributed by atoms with Crippen molar-refractivity contribution in [1.82, 2.24) is 0 Å². The quantitative estimate of drug-likeness (QED) is 0.615. The molecule has 0 spiro atoms. The Morgan fingerprint density at radius 3 is 2.33 bits per heavy atom. The van der Waals surface area contributed by atoms with Crippen LogP contribution in [-0.2, 0) is 0 Å². The Labute approximate surface area is 160 Å². The number of nitrogens with one attached hydrogen (secondary N) is 2. The highest BCUT2D eigenvalue weighted by atomic mass is 32.2. The van der Waals surface area contributed by atoms with Crippen molar-refractivity contribution in [2.24, 2.45) is 0 Å². The van der Waals surface area contributed by atoms with Crippen molar-refractivity contribution < 1.29 is 18.6 Å². The molecule has 2 aromatic carbocycles. The van der Waals surface area contributed by atoms with Crippen LogP contribution in [0.5, 0.6) is 17.2 Å². The van der Waals surface area contributed by atoms with E-state index in [1.807, 2.05) is 24.3 Å². The number of methoxy groups -OCH3 is 1. The number of thioether (sulfide) groups is 1. The molecule has 1 aliphatic rings. The first-order valence-corrected chi connectivity index (χ1v) is 9.09. The minimum absolute atomic E-state index is 0.0274. The first-order chi connectivity index (χ1) is 13.0. The third-order valence-electron chi connectivity index (χ3n) is 3.54. The monoisotopic (exact) mass is 387 g/mol. The summed E-state index contributed by atoms with van der Waals surface area (Å²) in [7, 11) is 1.43. The summed E-state index contributed by atoms with van der Waals surface area (Å²) < 4.78 is 30.0. The second kappa shape index (κ2) is 9.59. The molecule has 2 aromatic rings. The second-order valence-corrected chi connectivity index (χ2v) is 6.00. The molecule has 0 aliphatic carbocycles. The Balaban J connectivity index is 0.000000273. The number of ether oxygens (including phenoxy) is 3. The summed E-state index contributed by atoms with van der Waals surface area (Å²) in [5, 5.41) is 23.7. The predicted molar refractivity (Wildman–Crippen MR) is 103 cm³/mol. The Hall–Kier alpha value is -3.05. The van der Waals surface area contributed by atoms with Crippen LogP contribution in [0.4, 0.5) is 4.39 Å². The van der Waals surface area contributed by atoms with E-state index in [0.29, 0.717) is 17.9 Å². The molecule has 0 atom stereocenters. The fourth-order valence-corrected chi connectivity index (χ4v) is 2.53. The molecule has 2 N–H and O–H groups in total. The van der Waals surface area contributed by atoms with Crippen LogP contribution >= 0.6 is 11.8 Å². The van der Waals surface area contributed by atoms with Crippen molar-refractivity contribution in [3.05, 3.63) is 53.3 Å². The number of halogens is 1. The van der Waals surface area contributed by atoms with Gasteiger partial charge in [0.2, 0.25) is 11.5 Å². The minimum atomic E-state index is -0.695. The Kier molecular flexibility index (Phi) is 7.20. The van der Waals surface area contributed by atoms with Crippen LogP contribution in [0, 0.1) is 28.0 Å². The number of hydrogen-bond donors (Lipinski definition) is 2. The van der Waals surface area contributed by atoms with Gasteiger partial charge in [-0.3, -0.25) is 10.8 Å². The van der Waals surface area contributed by atoms with Gasteiger partial charge in [0, 0.05) is 5.56 Å². The van der Waals surface area contributed by atoms with Crippen molar-refractivity contribution in [2.75, 3.05) is 26.6 Å². The van der Waals surface area contributed by atoms with Gasteiger partial charge in [0.15, 0.2) is 11.6 Å². The molecule has 0 saturated carbocycles. The highest BCUT2D eigenvalue weighted by Gasteiger charge is 2.27. The van der Waals surface area contributed by atoms with Gasteiger partial charge in [0.25, 0.3) is 0 Å². The molecule has 0 amide bonds. The summed E-state index contributed by atoms with van der Waals surface area (Å²) in [6.45, 7) is 0.560. The molecular weight excluding hydrogens is 369 g/mol. The van der Waals surface area contributed by atoms with Crippen LogP contribution in [-0.4, -0.2) is 37.3 Å². The van der Waals surface area contributed by atoms with E-state index in [1.165, 1.54) is 13.2 Å². The summed E-state index contributed by atoms with van der Waals surface area (Å²) in [6.07, 6.45) is 1.66. The standard InChI is InChI=1S/C12H13FN2O3S.C7H5N/c1-16-7-5-6(9(14)12(15)19-2)8(13)11-10(7)17-3-4-18-11;8-6-7-4-2-1-3-5-7/h5,14-15H,3-4H2,1-2H3;1-5H. The second-order valence-electron chi connectivity index (χ2n) is 5.18. The smallest absolute Gasteiger partial charge is 0.206 e. The molecule has 8 heteroatoms. The molecule has 0 radical (unpaired) electrons. The number of nitriles is 1. The van der Waals surface area contributed by atoms with Crippen molar-refractivity contribution >= 4 is 22.5 Å². The lowest BCUT2D eigenvalue weighted by Gasteiger charge is -2.22. The molecule has 27 heavy (non-hydrogen) atoms. The molecular formula is C19H18FN3O3S. The van der Waals surface area contributed by atoms with E-state index in [-0.39, 0.29) is 34.4 Å². The zero-order valence-electron chi connectivity index (χ0n) is 14.8. The maximum absolute atomic E-state index is 14.3. The van der Waals surface area contributed by atoms with Gasteiger partial charge in [-0.1, -0.05) is 18.2 Å². The number of nitrogens with zero attached hydrogens (tertiary/aromatic N) is 1. The van der Waals surface area contributed by atoms with Crippen molar-refractivity contribution in [2.45, 2.75) is 0 Å². The minimum Gasteiger partial charge on any atom is -0.493 e. The molecule has 0 aromatic heterocycles. The van der Waals surface area contributed by atoms with E-state index in [1.54, 1.807) is 18.4 Å². The zero-order valence-corrected chi connectivity index (χ0v) is 15.7. The zero-order chi connectivity index (χ0) is 19.8. The lowest BCUT2D eigenvalue weighted by molar-refractivity contribution is 0.158. The SMILES string of the molecule is COc1cc(C(=N)C(=N)SC)c(F)c2c1OCCO2.N#Cc1ccccc1. The lowest BCUT2D eigenvalue weighted by atomic mass is 10.1. The molecule has 3 rings (SSSR count). The molecule has 1 heterocycles. The summed E-state index contributed by atoms with van der Waals surface area (Å²) in [6, 6.07) is 12.5. The Bertz CT molecular complexity index is 882. The highest BCUT2D eigenvalue weighted by Crippen LogP contribution is 2.43. The molecule has 0 saturated heterocycles. The van der Waals surface area contributed by atoms with E-state index in [4.69, 9.17) is 30.3 Å². The van der Waals surface area contributed by atoms with Gasteiger partial charge in [-0.2, -0.15) is 5.26 Å². The fraction of sp³-hybridized carbons (Fsp3) is 0.211. The average molecular weight is 387 g/mol. The summed E-state index contributed by atoms with van der Waals surface area (Å²) in [5.74, 6) is -0.248. The first-order valence-electron chi connectivity index (χ1n) is 7.86. The third-order valence-corrected chi connectivity index (χ3v) is 4.15. The summed E-state index contributed by atoms with van der Waals surface area (Å²) in [4.78, 5) is 0. The molecule has 140 valence electrons. The third kappa shape index (κ3) is 4.77. The van der Waals surface area contributed by atoms with Crippen LogP contribution in [0.1, 0.15) is 11.1 Å². The van der Waals surface area contributed by atoms with Crippen molar-refractivity contribution in [1.29, 1.82) is 16.1 Å². The van der Waals surface area contributed by atoms with Gasteiger partial charge in [0.1, 0.15) is 18.3 Å². The largest absolute Gasteiger partial charge is 0.493 e. The van der Waals surface area contributed by atoms with Crippen LogP contribution < -0.4 is 14.2 Å². The molecule has 0 bridgehead atoms. The predicted octanol–water partition coefficient (Wildman–Crippen LogP) is 3.87. The van der Waals surface area contributed by atoms with Gasteiger partial charge in [0.05, 0.1) is 24.5 Å². The van der Waals surface area contributed by atoms with Gasteiger partial charge < -0.3 is 14.2 Å². The van der Waals surface area contributed by atoms with Crippen molar-refractivity contribution in [3.8, 4) is 23.3 Å². The molecule has 1 aliphatic heterocycles. The molecule has 6 nitrogen and oxygen atoms in total. The lowest BCUT2D eigenvalue weighted by Crippen LogP contribution is -2.20. The fourth-order valence-electron chi connectivity index (χ4n) is 2.22. The van der Waals surface area contributed by atoms with Gasteiger partial charge in [-0.15, -0.1) is 11.8 Å². The molecule has 0 fully saturated rings. The average Bonchev–Trinajstić information content (AvgIpc) is 2.74. The van der Waals surface area contributed by atoms with Crippen LogP contribution in [0.15, 0.2) is 36.4 Å². The number of rotatable bonds is 3. The highest BCUT2D eigenvalue weighted by molar-refractivity contribution is 8.15. The Morgan fingerprint density at radius 1 is 1.19 bits per heavy atom. The van der Waals surface area contributed by atoms with Gasteiger partial charge in [-0.25, -0.2) is 4.39 Å². The summed E-state index contributed by atoms with van der Waals surface area (Å²) in [5.41, 5.74) is 0.480. The van der Waals surface area contributed by atoms with Crippen LogP contribution in [0.25, 0.3) is 0 Å². The van der Waals surface area contributed by atoms with E-state index in [2.05, 4.69) is 0 Å². The van der Waals surface area contributed by atoms with Crippen molar-refractivity contribution in [3.63, 3.8) is 0 Å². The van der Waals surface area contributed by atoms with E-state index in [9.17, 15) is 4.39 Å². The summed E-state index contributed by atoms with van der Waals surface area (Å²) >= 11 is 1.07. The van der Waals surface area contributed by atoms with E-state index in [0.717, 1.165) is 11.8 Å². The maximum atomic E-state index is 14.3. The number of fused-ring (bicyclic) bond motifs is 1. The maximum Gasteiger partial charge on any atom is 0.206 e. The normalized spacial score (nSPS) is 11.5. The first kappa shape index (κ1) is 20.3. The Morgan fingerprint density at radius 2 is 1.81 bits per heavy atom. The van der Waals surface area contributed by atoms with Crippen LogP contribution in [0.3, 0.4) is 0 Å². The van der Waals surface area contributed by atoms with E-state index >= 15 is 0 Å². The topological polar surface area (TPSA) is 99.2 Å². The van der Waals surface area contributed by atoms with Crippen LogP contribution in [0.2, 0.25) is 0 Å². The van der Waals surface area contributed by atoms with E-state index < -0.39 is 5.82 Å².